The number of hydrogen-bond donors (Lipinski definition) is 0. The average Bonchev–Trinajstić information content (AvgIpc) is 3.15. The van der Waals surface area contributed by atoms with E-state index >= 15 is 0 Å². The van der Waals surface area contributed by atoms with Crippen LogP contribution in [0, 0.1) is 6.92 Å². The number of hydrogen-bond acceptors (Lipinski definition) is 5. The molecule has 2 aromatic heterocycles. The normalized spacial score (nSPS) is 16.7. The Balaban J connectivity index is 1.52. The Morgan fingerprint density at radius 3 is 2.74 bits per heavy atom. The van der Waals surface area contributed by atoms with Crippen molar-refractivity contribution in [2.75, 3.05) is 20.1 Å². The lowest BCUT2D eigenvalue weighted by Gasteiger charge is -2.36. The summed E-state index contributed by atoms with van der Waals surface area (Å²) in [7, 11) is 3.70. The van der Waals surface area contributed by atoms with Crippen LogP contribution in [0.3, 0.4) is 0 Å². The Morgan fingerprint density at radius 2 is 2.17 bits per heavy atom. The van der Waals surface area contributed by atoms with E-state index in [9.17, 15) is 4.79 Å². The first-order valence-corrected chi connectivity index (χ1v) is 7.93. The van der Waals surface area contributed by atoms with Crippen LogP contribution in [0.15, 0.2) is 23.0 Å². The molecule has 23 heavy (non-hydrogen) atoms. The maximum absolute atomic E-state index is 12.5. The van der Waals surface area contributed by atoms with Crippen molar-refractivity contribution in [3.8, 4) is 0 Å². The quantitative estimate of drug-likeness (QED) is 0.854. The second-order valence-corrected chi connectivity index (χ2v) is 6.26. The number of aryl methyl sites for hydroxylation is 2. The van der Waals surface area contributed by atoms with Crippen LogP contribution in [0.4, 0.5) is 0 Å². The van der Waals surface area contributed by atoms with Crippen LogP contribution in [0.1, 0.15) is 34.7 Å². The van der Waals surface area contributed by atoms with Crippen molar-refractivity contribution in [1.29, 1.82) is 0 Å². The Labute approximate surface area is 135 Å². The SMILES string of the molecule is Cc1cc(CN2CCC(N(C)C(=O)c3cnn(C)c3)CC2)on1. The lowest BCUT2D eigenvalue weighted by Crippen LogP contribution is -2.45. The van der Waals surface area contributed by atoms with Gasteiger partial charge in [0.1, 0.15) is 0 Å². The predicted molar refractivity (Wildman–Crippen MR) is 84.8 cm³/mol. The van der Waals surface area contributed by atoms with Crippen LogP contribution in [0.5, 0.6) is 0 Å². The molecule has 2 aromatic rings. The van der Waals surface area contributed by atoms with Gasteiger partial charge >= 0.3 is 0 Å². The highest BCUT2D eigenvalue weighted by Crippen LogP contribution is 2.19. The molecule has 0 unspecified atom stereocenters. The number of rotatable bonds is 4. The summed E-state index contributed by atoms with van der Waals surface area (Å²) in [5, 5.41) is 7.99. The standard InChI is InChI=1S/C16H23N5O2/c1-12-8-15(23-18-12)11-21-6-4-14(5-7-21)20(3)16(22)13-9-17-19(2)10-13/h8-10,14H,4-7,11H2,1-3H3. The second-order valence-electron chi connectivity index (χ2n) is 6.26. The molecule has 0 bridgehead atoms. The van der Waals surface area contributed by atoms with E-state index in [0.29, 0.717) is 5.56 Å². The van der Waals surface area contributed by atoms with E-state index in [0.717, 1.165) is 43.9 Å². The highest BCUT2D eigenvalue weighted by atomic mass is 16.5. The topological polar surface area (TPSA) is 67.4 Å². The van der Waals surface area contributed by atoms with E-state index < -0.39 is 0 Å². The third kappa shape index (κ3) is 3.61. The highest BCUT2D eigenvalue weighted by Gasteiger charge is 2.26. The molecule has 0 saturated carbocycles. The monoisotopic (exact) mass is 317 g/mol. The molecule has 124 valence electrons. The average molecular weight is 317 g/mol. The molecule has 1 aliphatic heterocycles. The largest absolute Gasteiger partial charge is 0.360 e. The number of nitrogens with zero attached hydrogens (tertiary/aromatic N) is 5. The number of carbonyl (C=O) groups excluding carboxylic acids is 1. The van der Waals surface area contributed by atoms with Crippen molar-refractivity contribution in [2.45, 2.75) is 32.4 Å². The zero-order chi connectivity index (χ0) is 16.4. The predicted octanol–water partition coefficient (Wildman–Crippen LogP) is 1.45. The lowest BCUT2D eigenvalue weighted by atomic mass is 10.0. The molecule has 0 spiro atoms. The Bertz CT molecular complexity index is 670. The molecular weight excluding hydrogens is 294 g/mol. The van der Waals surface area contributed by atoms with Gasteiger partial charge in [-0.2, -0.15) is 5.10 Å². The van der Waals surface area contributed by atoms with Crippen LogP contribution in [-0.2, 0) is 13.6 Å². The lowest BCUT2D eigenvalue weighted by molar-refractivity contribution is 0.0628. The minimum absolute atomic E-state index is 0.0439. The molecular formula is C16H23N5O2. The summed E-state index contributed by atoms with van der Waals surface area (Å²) in [6.07, 6.45) is 5.33. The number of likely N-dealkylation sites (tertiary alicyclic amines) is 1. The highest BCUT2D eigenvalue weighted by molar-refractivity contribution is 5.93. The third-order valence-electron chi connectivity index (χ3n) is 4.43. The maximum atomic E-state index is 12.5. The molecule has 1 fully saturated rings. The number of carbonyl (C=O) groups is 1. The molecule has 0 aliphatic carbocycles. The Morgan fingerprint density at radius 1 is 1.43 bits per heavy atom. The van der Waals surface area contributed by atoms with Crippen molar-refractivity contribution in [3.05, 3.63) is 35.5 Å². The molecule has 1 aliphatic rings. The van der Waals surface area contributed by atoms with Gasteiger partial charge in [0.05, 0.1) is 24.0 Å². The van der Waals surface area contributed by atoms with E-state index in [2.05, 4.69) is 15.2 Å². The molecule has 7 nitrogen and oxygen atoms in total. The summed E-state index contributed by atoms with van der Waals surface area (Å²) in [5.41, 5.74) is 1.56. The first-order valence-electron chi connectivity index (χ1n) is 7.93. The van der Waals surface area contributed by atoms with Gasteiger partial charge in [0.15, 0.2) is 5.76 Å². The van der Waals surface area contributed by atoms with E-state index in [1.807, 2.05) is 32.0 Å². The van der Waals surface area contributed by atoms with Gasteiger partial charge in [0, 0.05) is 45.5 Å². The molecule has 0 radical (unpaired) electrons. The van der Waals surface area contributed by atoms with Gasteiger partial charge in [-0.1, -0.05) is 5.16 Å². The van der Waals surface area contributed by atoms with Gasteiger partial charge in [-0.15, -0.1) is 0 Å². The minimum atomic E-state index is 0.0439. The van der Waals surface area contributed by atoms with Crippen molar-refractivity contribution >= 4 is 5.91 Å². The molecule has 7 heteroatoms. The Hall–Kier alpha value is -2.15. The molecule has 0 aromatic carbocycles. The fourth-order valence-corrected chi connectivity index (χ4v) is 3.08. The summed E-state index contributed by atoms with van der Waals surface area (Å²) < 4.78 is 6.93. The molecule has 0 N–H and O–H groups in total. The number of aromatic nitrogens is 3. The molecule has 3 rings (SSSR count). The van der Waals surface area contributed by atoms with Crippen LogP contribution < -0.4 is 0 Å². The molecule has 3 heterocycles. The fourth-order valence-electron chi connectivity index (χ4n) is 3.08. The number of amides is 1. The zero-order valence-electron chi connectivity index (χ0n) is 13.9. The van der Waals surface area contributed by atoms with Crippen LogP contribution >= 0.6 is 0 Å². The van der Waals surface area contributed by atoms with Gasteiger partial charge in [-0.05, 0) is 19.8 Å². The fraction of sp³-hybridized carbons (Fsp3) is 0.562. The summed E-state index contributed by atoms with van der Waals surface area (Å²) in [6.45, 7) is 4.62. The van der Waals surface area contributed by atoms with Gasteiger partial charge in [-0.25, -0.2) is 0 Å². The zero-order valence-corrected chi connectivity index (χ0v) is 13.9. The van der Waals surface area contributed by atoms with Gasteiger partial charge in [0.25, 0.3) is 5.91 Å². The first-order chi connectivity index (χ1) is 11.0. The van der Waals surface area contributed by atoms with Gasteiger partial charge in [-0.3, -0.25) is 14.4 Å². The molecule has 1 saturated heterocycles. The van der Waals surface area contributed by atoms with Crippen molar-refractivity contribution < 1.29 is 9.32 Å². The second kappa shape index (κ2) is 6.54. The molecule has 1 amide bonds. The van der Waals surface area contributed by atoms with Gasteiger partial charge in [0.2, 0.25) is 0 Å². The van der Waals surface area contributed by atoms with Crippen molar-refractivity contribution in [2.24, 2.45) is 7.05 Å². The first kappa shape index (κ1) is 15.7. The third-order valence-corrected chi connectivity index (χ3v) is 4.43. The maximum Gasteiger partial charge on any atom is 0.257 e. The van der Waals surface area contributed by atoms with Crippen LogP contribution in [0.2, 0.25) is 0 Å². The van der Waals surface area contributed by atoms with E-state index in [1.54, 1.807) is 17.1 Å². The summed E-state index contributed by atoms with van der Waals surface area (Å²) >= 11 is 0. The van der Waals surface area contributed by atoms with E-state index in [4.69, 9.17) is 4.52 Å². The van der Waals surface area contributed by atoms with Crippen LogP contribution in [-0.4, -0.2) is 56.8 Å². The summed E-state index contributed by atoms with van der Waals surface area (Å²) in [6, 6.07) is 2.25. The van der Waals surface area contributed by atoms with E-state index in [1.165, 1.54) is 0 Å². The summed E-state index contributed by atoms with van der Waals surface area (Å²) in [5.74, 6) is 0.947. The van der Waals surface area contributed by atoms with Crippen LogP contribution in [0.25, 0.3) is 0 Å². The smallest absolute Gasteiger partial charge is 0.257 e. The minimum Gasteiger partial charge on any atom is -0.360 e. The number of piperidine rings is 1. The van der Waals surface area contributed by atoms with Crippen molar-refractivity contribution in [1.82, 2.24) is 24.7 Å². The van der Waals surface area contributed by atoms with Crippen molar-refractivity contribution in [3.63, 3.8) is 0 Å². The Kier molecular flexibility index (Phi) is 4.47. The summed E-state index contributed by atoms with van der Waals surface area (Å²) in [4.78, 5) is 16.7. The van der Waals surface area contributed by atoms with E-state index in [-0.39, 0.29) is 11.9 Å². The molecule has 0 atom stereocenters. The van der Waals surface area contributed by atoms with Gasteiger partial charge < -0.3 is 9.42 Å².